The van der Waals surface area contributed by atoms with Crippen LogP contribution in [0.4, 0.5) is 0 Å². The minimum absolute atomic E-state index is 0.148. The van der Waals surface area contributed by atoms with Crippen LogP contribution < -0.4 is 5.32 Å². The van der Waals surface area contributed by atoms with Gasteiger partial charge < -0.3 is 10.4 Å². The molecular formula is C14H27NO4S. The molecule has 0 saturated heterocycles. The Bertz CT molecular complexity index is 444. The Morgan fingerprint density at radius 1 is 1.35 bits per heavy atom. The van der Waals surface area contributed by atoms with Gasteiger partial charge in [0.15, 0.2) is 9.84 Å². The van der Waals surface area contributed by atoms with Crippen LogP contribution in [-0.4, -0.2) is 43.6 Å². The molecule has 6 heteroatoms. The Hall–Kier alpha value is -0.620. The van der Waals surface area contributed by atoms with Gasteiger partial charge >= 0.3 is 5.97 Å². The van der Waals surface area contributed by atoms with Crippen molar-refractivity contribution in [3.63, 3.8) is 0 Å². The number of aliphatic carboxylic acids is 1. The second-order valence-corrected chi connectivity index (χ2v) is 8.85. The maximum absolute atomic E-state index is 11.5. The van der Waals surface area contributed by atoms with Crippen molar-refractivity contribution in [2.45, 2.75) is 46.6 Å². The summed E-state index contributed by atoms with van der Waals surface area (Å²) >= 11 is 0. The van der Waals surface area contributed by atoms with Gasteiger partial charge in [-0.3, -0.25) is 4.79 Å². The maximum atomic E-state index is 11.5. The fraction of sp³-hybridized carbons (Fsp3) is 0.929. The summed E-state index contributed by atoms with van der Waals surface area (Å²) < 4.78 is 22.9. The highest BCUT2D eigenvalue weighted by Gasteiger charge is 2.45. The molecule has 2 N–H and O–H groups in total. The summed E-state index contributed by atoms with van der Waals surface area (Å²) in [4.78, 5) is 11.3. The Kier molecular flexibility index (Phi) is 5.61. The average Bonchev–Trinajstić information content (AvgIpc) is 2.34. The van der Waals surface area contributed by atoms with E-state index >= 15 is 0 Å². The number of hydrogen-bond donors (Lipinski definition) is 2. The van der Waals surface area contributed by atoms with Crippen LogP contribution >= 0.6 is 0 Å². The first-order valence-electron chi connectivity index (χ1n) is 7.28. The molecule has 0 radical (unpaired) electrons. The van der Waals surface area contributed by atoms with Crippen LogP contribution in [0.2, 0.25) is 0 Å². The second kappa shape index (κ2) is 6.43. The van der Waals surface area contributed by atoms with E-state index < -0.39 is 15.8 Å². The lowest BCUT2D eigenvalue weighted by Gasteiger charge is -2.46. The van der Waals surface area contributed by atoms with E-state index in [-0.39, 0.29) is 34.8 Å². The van der Waals surface area contributed by atoms with Gasteiger partial charge in [0.1, 0.15) is 0 Å². The highest BCUT2D eigenvalue weighted by molar-refractivity contribution is 7.91. The summed E-state index contributed by atoms with van der Waals surface area (Å²) in [6, 6.07) is 0.188. The highest BCUT2D eigenvalue weighted by atomic mass is 32.2. The van der Waals surface area contributed by atoms with E-state index in [9.17, 15) is 18.3 Å². The first-order valence-corrected chi connectivity index (χ1v) is 9.10. The number of carboxylic acid groups (broad SMARTS) is 1. The predicted octanol–water partition coefficient (Wildman–Crippen LogP) is 1.54. The average molecular weight is 305 g/mol. The zero-order chi connectivity index (χ0) is 15.6. The van der Waals surface area contributed by atoms with Gasteiger partial charge in [0.25, 0.3) is 0 Å². The maximum Gasteiger partial charge on any atom is 0.307 e. The van der Waals surface area contributed by atoms with Crippen LogP contribution in [0.25, 0.3) is 0 Å². The lowest BCUT2D eigenvalue weighted by molar-refractivity contribution is -0.150. The molecule has 0 bridgehead atoms. The molecule has 1 aliphatic rings. The monoisotopic (exact) mass is 305 g/mol. The van der Waals surface area contributed by atoms with Crippen molar-refractivity contribution >= 4 is 15.8 Å². The predicted molar refractivity (Wildman–Crippen MR) is 79.4 cm³/mol. The molecule has 1 aliphatic carbocycles. The van der Waals surface area contributed by atoms with Crippen LogP contribution in [-0.2, 0) is 14.6 Å². The van der Waals surface area contributed by atoms with Gasteiger partial charge in [0.05, 0.1) is 11.7 Å². The smallest absolute Gasteiger partial charge is 0.307 e. The number of sulfone groups is 1. The normalized spacial score (nSPS) is 30.1. The molecule has 0 spiro atoms. The zero-order valence-electron chi connectivity index (χ0n) is 12.8. The van der Waals surface area contributed by atoms with E-state index in [1.54, 1.807) is 6.92 Å². The molecule has 118 valence electrons. The van der Waals surface area contributed by atoms with Crippen LogP contribution in [0.1, 0.15) is 40.5 Å². The lowest BCUT2D eigenvalue weighted by atomic mass is 9.61. The zero-order valence-corrected chi connectivity index (χ0v) is 13.7. The van der Waals surface area contributed by atoms with Crippen LogP contribution in [0, 0.1) is 17.3 Å². The third-order valence-electron chi connectivity index (χ3n) is 5.00. The van der Waals surface area contributed by atoms with Crippen molar-refractivity contribution in [2.75, 3.05) is 18.1 Å². The minimum atomic E-state index is -2.95. The quantitative estimate of drug-likeness (QED) is 0.777. The molecule has 1 saturated carbocycles. The van der Waals surface area contributed by atoms with Crippen molar-refractivity contribution in [2.24, 2.45) is 17.3 Å². The van der Waals surface area contributed by atoms with Crippen molar-refractivity contribution in [3.05, 3.63) is 0 Å². The molecule has 0 aromatic heterocycles. The Morgan fingerprint density at radius 3 is 2.45 bits per heavy atom. The number of rotatable bonds is 6. The molecule has 0 aromatic carbocycles. The van der Waals surface area contributed by atoms with Crippen LogP contribution in [0.15, 0.2) is 0 Å². The van der Waals surface area contributed by atoms with Gasteiger partial charge in [-0.15, -0.1) is 0 Å². The second-order valence-electron chi connectivity index (χ2n) is 6.38. The van der Waals surface area contributed by atoms with Crippen molar-refractivity contribution in [1.82, 2.24) is 5.32 Å². The Morgan fingerprint density at radius 2 is 1.95 bits per heavy atom. The Labute approximate surface area is 122 Å². The molecule has 0 heterocycles. The Balaban J connectivity index is 2.61. The summed E-state index contributed by atoms with van der Waals surface area (Å²) in [5, 5.41) is 12.6. The van der Waals surface area contributed by atoms with E-state index in [2.05, 4.69) is 12.2 Å². The van der Waals surface area contributed by atoms with E-state index in [4.69, 9.17) is 0 Å². The molecule has 1 fully saturated rings. The molecule has 1 rings (SSSR count). The summed E-state index contributed by atoms with van der Waals surface area (Å²) in [6.07, 6.45) is 1.43. The molecule has 5 nitrogen and oxygen atoms in total. The van der Waals surface area contributed by atoms with Gasteiger partial charge in [0.2, 0.25) is 0 Å². The fourth-order valence-corrected chi connectivity index (χ4v) is 3.79. The molecule has 3 atom stereocenters. The number of hydrogen-bond acceptors (Lipinski definition) is 4. The van der Waals surface area contributed by atoms with E-state index in [0.29, 0.717) is 13.0 Å². The standard InChI is InChI=1S/C14H27NO4S/c1-5-20(18,19)9-8-15-12-7-6-11(13(16)17)14(3,4)10(12)2/h10-12,15H,5-9H2,1-4H3,(H,16,17). The number of carboxylic acids is 1. The van der Waals surface area contributed by atoms with E-state index in [0.717, 1.165) is 6.42 Å². The SMILES string of the molecule is CCS(=O)(=O)CCNC1CCC(C(=O)O)C(C)(C)C1C. The minimum Gasteiger partial charge on any atom is -0.481 e. The van der Waals surface area contributed by atoms with E-state index in [1.807, 2.05) is 13.8 Å². The molecule has 0 amide bonds. The highest BCUT2D eigenvalue weighted by Crippen LogP contribution is 2.44. The molecule has 0 aromatic rings. The van der Waals surface area contributed by atoms with Crippen molar-refractivity contribution < 1.29 is 18.3 Å². The lowest BCUT2D eigenvalue weighted by Crippen LogP contribution is -2.51. The van der Waals surface area contributed by atoms with Crippen LogP contribution in [0.3, 0.4) is 0 Å². The molecule has 0 aliphatic heterocycles. The number of nitrogens with one attached hydrogen (secondary N) is 1. The summed E-state index contributed by atoms with van der Waals surface area (Å²) in [7, 11) is -2.95. The van der Waals surface area contributed by atoms with Gasteiger partial charge in [-0.25, -0.2) is 8.42 Å². The molecular weight excluding hydrogens is 278 g/mol. The third-order valence-corrected chi connectivity index (χ3v) is 6.70. The summed E-state index contributed by atoms with van der Waals surface area (Å²) in [5.74, 6) is -0.540. The first-order chi connectivity index (χ1) is 9.12. The van der Waals surface area contributed by atoms with Crippen molar-refractivity contribution in [1.29, 1.82) is 0 Å². The molecule has 3 unspecified atom stereocenters. The van der Waals surface area contributed by atoms with Crippen LogP contribution in [0.5, 0.6) is 0 Å². The van der Waals surface area contributed by atoms with Gasteiger partial charge in [-0.05, 0) is 24.2 Å². The first kappa shape index (κ1) is 17.4. The van der Waals surface area contributed by atoms with Gasteiger partial charge in [-0.1, -0.05) is 27.7 Å². The van der Waals surface area contributed by atoms with Crippen molar-refractivity contribution in [3.8, 4) is 0 Å². The summed E-state index contributed by atoms with van der Waals surface area (Å²) in [5.41, 5.74) is -0.286. The largest absolute Gasteiger partial charge is 0.481 e. The third kappa shape index (κ3) is 3.95. The van der Waals surface area contributed by atoms with E-state index in [1.165, 1.54) is 0 Å². The molecule has 20 heavy (non-hydrogen) atoms. The number of carbonyl (C=O) groups is 1. The topological polar surface area (TPSA) is 83.5 Å². The summed E-state index contributed by atoms with van der Waals surface area (Å²) in [6.45, 7) is 8.14. The van der Waals surface area contributed by atoms with Gasteiger partial charge in [0, 0.05) is 18.3 Å². The fourth-order valence-electron chi connectivity index (χ4n) is 3.07. The van der Waals surface area contributed by atoms with Gasteiger partial charge in [-0.2, -0.15) is 0 Å².